The molecule has 0 saturated carbocycles. The van der Waals surface area contributed by atoms with Crippen molar-refractivity contribution in [1.82, 2.24) is 9.80 Å². The third-order valence-corrected chi connectivity index (χ3v) is 4.47. The number of benzene rings is 1. The van der Waals surface area contributed by atoms with Crippen molar-refractivity contribution in [2.75, 3.05) is 31.5 Å². The lowest BCUT2D eigenvalue weighted by atomic mass is 10.1. The van der Waals surface area contributed by atoms with Gasteiger partial charge in [-0.05, 0) is 38.5 Å². The molecule has 5 nitrogen and oxygen atoms in total. The lowest BCUT2D eigenvalue weighted by Gasteiger charge is -2.40. The predicted molar refractivity (Wildman–Crippen MR) is 89.5 cm³/mol. The Hall–Kier alpha value is -1.30. The molecule has 1 aliphatic rings. The molecule has 2 amide bonds. The normalized spacial score (nSPS) is 20.8. The Labute approximate surface area is 136 Å². The van der Waals surface area contributed by atoms with Crippen molar-refractivity contribution in [3.05, 3.63) is 28.8 Å². The Morgan fingerprint density at radius 3 is 2.86 bits per heavy atom. The van der Waals surface area contributed by atoms with E-state index in [1.165, 1.54) is 0 Å². The molecule has 6 heteroatoms. The molecule has 2 atom stereocenters. The number of aliphatic hydroxyl groups excluding tert-OH is 1. The van der Waals surface area contributed by atoms with E-state index in [2.05, 4.69) is 17.1 Å². The summed E-state index contributed by atoms with van der Waals surface area (Å²) in [5, 5.41) is 13.1. The van der Waals surface area contributed by atoms with Crippen molar-refractivity contribution in [2.24, 2.45) is 0 Å². The zero-order valence-electron chi connectivity index (χ0n) is 13.3. The molecule has 1 aromatic rings. The van der Waals surface area contributed by atoms with E-state index < -0.39 is 0 Å². The van der Waals surface area contributed by atoms with Gasteiger partial charge < -0.3 is 15.3 Å². The van der Waals surface area contributed by atoms with Gasteiger partial charge in [-0.2, -0.15) is 0 Å². The first kappa shape index (κ1) is 17.1. The van der Waals surface area contributed by atoms with Gasteiger partial charge in [-0.1, -0.05) is 17.7 Å². The quantitative estimate of drug-likeness (QED) is 0.898. The third kappa shape index (κ3) is 4.12. The molecular formula is C16H24ClN3O2. The summed E-state index contributed by atoms with van der Waals surface area (Å²) in [7, 11) is 0. The first-order valence-corrected chi connectivity index (χ1v) is 7.99. The van der Waals surface area contributed by atoms with Crippen LogP contribution in [0.3, 0.4) is 0 Å². The third-order valence-electron chi connectivity index (χ3n) is 4.06. The van der Waals surface area contributed by atoms with E-state index in [0.717, 1.165) is 17.8 Å². The van der Waals surface area contributed by atoms with Crippen LogP contribution < -0.4 is 5.32 Å². The fraction of sp³-hybridized carbons (Fsp3) is 0.562. The van der Waals surface area contributed by atoms with Gasteiger partial charge >= 0.3 is 6.03 Å². The van der Waals surface area contributed by atoms with Gasteiger partial charge in [0.2, 0.25) is 0 Å². The molecule has 0 bridgehead atoms. The second-order valence-corrected chi connectivity index (χ2v) is 6.39. The zero-order chi connectivity index (χ0) is 16.3. The first-order valence-electron chi connectivity index (χ1n) is 7.61. The van der Waals surface area contributed by atoms with Crippen LogP contribution >= 0.6 is 11.6 Å². The maximum atomic E-state index is 12.4. The van der Waals surface area contributed by atoms with Gasteiger partial charge in [0.05, 0.1) is 6.10 Å². The van der Waals surface area contributed by atoms with Crippen molar-refractivity contribution >= 4 is 23.3 Å². The molecule has 122 valence electrons. The van der Waals surface area contributed by atoms with E-state index in [1.54, 1.807) is 6.92 Å². The number of carbonyl (C=O) groups is 1. The van der Waals surface area contributed by atoms with Crippen LogP contribution in [0.1, 0.15) is 19.4 Å². The second-order valence-electron chi connectivity index (χ2n) is 5.98. The van der Waals surface area contributed by atoms with Gasteiger partial charge in [-0.3, -0.25) is 4.90 Å². The van der Waals surface area contributed by atoms with Crippen LogP contribution in [0.2, 0.25) is 5.02 Å². The molecule has 1 heterocycles. The average molecular weight is 326 g/mol. The number of aliphatic hydroxyl groups is 1. The number of hydrogen-bond acceptors (Lipinski definition) is 3. The summed E-state index contributed by atoms with van der Waals surface area (Å²) >= 11 is 6.08. The largest absolute Gasteiger partial charge is 0.392 e. The highest BCUT2D eigenvalue weighted by molar-refractivity contribution is 6.31. The summed E-state index contributed by atoms with van der Waals surface area (Å²) in [5.41, 5.74) is 1.62. The smallest absolute Gasteiger partial charge is 0.321 e. The molecular weight excluding hydrogens is 302 g/mol. The van der Waals surface area contributed by atoms with Crippen molar-refractivity contribution in [3.8, 4) is 0 Å². The minimum Gasteiger partial charge on any atom is -0.392 e. The van der Waals surface area contributed by atoms with Crippen LogP contribution in [-0.2, 0) is 0 Å². The van der Waals surface area contributed by atoms with E-state index in [9.17, 15) is 9.90 Å². The van der Waals surface area contributed by atoms with Crippen molar-refractivity contribution in [1.29, 1.82) is 0 Å². The lowest BCUT2D eigenvalue weighted by molar-refractivity contribution is 0.0590. The number of nitrogens with zero attached hydrogens (tertiary/aromatic N) is 2. The zero-order valence-corrected chi connectivity index (χ0v) is 14.1. The molecule has 0 spiro atoms. The van der Waals surface area contributed by atoms with Gasteiger partial charge in [-0.15, -0.1) is 0 Å². The number of urea groups is 1. The number of halogens is 1. The predicted octanol–water partition coefficient (Wildman–Crippen LogP) is 2.57. The summed E-state index contributed by atoms with van der Waals surface area (Å²) < 4.78 is 0. The highest BCUT2D eigenvalue weighted by atomic mass is 35.5. The van der Waals surface area contributed by atoms with Gasteiger partial charge in [0.1, 0.15) is 0 Å². The highest BCUT2D eigenvalue weighted by Crippen LogP contribution is 2.23. The molecule has 1 saturated heterocycles. The Bertz CT molecular complexity index is 536. The van der Waals surface area contributed by atoms with Gasteiger partial charge in [0.25, 0.3) is 0 Å². The minimum absolute atomic E-state index is 0.103. The Kier molecular flexibility index (Phi) is 5.67. The van der Waals surface area contributed by atoms with E-state index in [4.69, 9.17) is 11.6 Å². The van der Waals surface area contributed by atoms with Crippen molar-refractivity contribution in [3.63, 3.8) is 0 Å². The number of β-amino-alcohol motifs (C(OH)–C–C–N with tert-alkyl or cyclic N) is 1. The summed E-state index contributed by atoms with van der Waals surface area (Å²) in [6.45, 7) is 8.47. The molecule has 0 aromatic heterocycles. The van der Waals surface area contributed by atoms with E-state index in [-0.39, 0.29) is 18.2 Å². The number of rotatable bonds is 3. The highest BCUT2D eigenvalue weighted by Gasteiger charge is 2.27. The summed E-state index contributed by atoms with van der Waals surface area (Å²) in [4.78, 5) is 16.4. The minimum atomic E-state index is -0.350. The Morgan fingerprint density at radius 2 is 2.23 bits per heavy atom. The molecule has 22 heavy (non-hydrogen) atoms. The molecule has 1 fully saturated rings. The van der Waals surface area contributed by atoms with Crippen LogP contribution in [0.15, 0.2) is 18.2 Å². The molecule has 2 rings (SSSR count). The maximum Gasteiger partial charge on any atom is 0.321 e. The number of anilines is 1. The van der Waals surface area contributed by atoms with Crippen LogP contribution in [-0.4, -0.2) is 59.3 Å². The van der Waals surface area contributed by atoms with E-state index in [1.807, 2.05) is 30.0 Å². The van der Waals surface area contributed by atoms with Crippen molar-refractivity contribution < 1.29 is 9.90 Å². The number of amides is 2. The fourth-order valence-electron chi connectivity index (χ4n) is 2.73. The molecule has 1 aliphatic heterocycles. The Morgan fingerprint density at radius 1 is 1.50 bits per heavy atom. The first-order chi connectivity index (χ1) is 10.4. The topological polar surface area (TPSA) is 55.8 Å². The average Bonchev–Trinajstić information content (AvgIpc) is 2.45. The summed E-state index contributed by atoms with van der Waals surface area (Å²) in [5.74, 6) is 0. The van der Waals surface area contributed by atoms with E-state index >= 15 is 0 Å². The monoisotopic (exact) mass is 325 g/mol. The summed E-state index contributed by atoms with van der Waals surface area (Å²) in [6.07, 6.45) is -0.350. The number of carbonyl (C=O) groups excluding carboxylic acids is 1. The SMILES string of the molecule is Cc1c(Cl)cccc1NC(=O)N1CCN(CC(C)O)C(C)C1. The molecule has 2 unspecified atom stereocenters. The molecule has 0 radical (unpaired) electrons. The van der Waals surface area contributed by atoms with Crippen LogP contribution in [0, 0.1) is 6.92 Å². The molecule has 0 aliphatic carbocycles. The standard InChI is InChI=1S/C16H24ClN3O2/c1-11-9-20(8-7-19(11)10-12(2)21)16(22)18-15-6-4-5-14(17)13(15)3/h4-6,11-12,21H,7-10H2,1-3H3,(H,18,22). The van der Waals surface area contributed by atoms with Gasteiger partial charge in [-0.25, -0.2) is 4.79 Å². The van der Waals surface area contributed by atoms with Gasteiger partial charge in [0, 0.05) is 42.9 Å². The van der Waals surface area contributed by atoms with Crippen LogP contribution in [0.25, 0.3) is 0 Å². The van der Waals surface area contributed by atoms with Crippen LogP contribution in [0.4, 0.5) is 10.5 Å². The van der Waals surface area contributed by atoms with E-state index in [0.29, 0.717) is 24.7 Å². The molecule has 2 N–H and O–H groups in total. The maximum absolute atomic E-state index is 12.4. The number of hydrogen-bond donors (Lipinski definition) is 2. The Balaban J connectivity index is 1.96. The fourth-order valence-corrected chi connectivity index (χ4v) is 2.90. The number of nitrogens with one attached hydrogen (secondary N) is 1. The summed E-state index contributed by atoms with van der Waals surface area (Å²) in [6, 6.07) is 5.62. The second kappa shape index (κ2) is 7.31. The van der Waals surface area contributed by atoms with Crippen molar-refractivity contribution in [2.45, 2.75) is 32.9 Å². The van der Waals surface area contributed by atoms with Crippen LogP contribution in [0.5, 0.6) is 0 Å². The molecule has 1 aromatic carbocycles. The number of piperazine rings is 1. The lowest BCUT2D eigenvalue weighted by Crippen LogP contribution is -2.55. The van der Waals surface area contributed by atoms with Gasteiger partial charge in [0.15, 0.2) is 0 Å².